The maximum atomic E-state index is 11.5. The molecule has 0 N–H and O–H groups in total. The van der Waals surface area contributed by atoms with Crippen molar-refractivity contribution in [3.05, 3.63) is 52.7 Å². The van der Waals surface area contributed by atoms with E-state index in [0.29, 0.717) is 5.92 Å². The minimum Gasteiger partial charge on any atom is -0.493 e. The number of carbonyl (C=O) groups excluding carboxylic acids is 1. The van der Waals surface area contributed by atoms with Crippen molar-refractivity contribution >= 4 is 23.0 Å². The molecule has 1 fully saturated rings. The lowest BCUT2D eigenvalue weighted by atomic mass is 10.0. The third-order valence-corrected chi connectivity index (χ3v) is 4.71. The molecule has 2 heterocycles. The lowest BCUT2D eigenvalue weighted by Gasteiger charge is -2.06. The minimum absolute atomic E-state index is 0.193. The highest BCUT2D eigenvalue weighted by Crippen LogP contribution is 2.45. The fourth-order valence-electron chi connectivity index (χ4n) is 3.32. The third-order valence-electron chi connectivity index (χ3n) is 4.71. The van der Waals surface area contributed by atoms with Crippen LogP contribution in [0.5, 0.6) is 5.75 Å². The predicted molar refractivity (Wildman–Crippen MR) is 90.4 cm³/mol. The Morgan fingerprint density at radius 3 is 2.83 bits per heavy atom. The maximum absolute atomic E-state index is 11.5. The summed E-state index contributed by atoms with van der Waals surface area (Å²) in [4.78, 5) is 15.5. The van der Waals surface area contributed by atoms with E-state index in [0.717, 1.165) is 44.2 Å². The molecule has 24 heavy (non-hydrogen) atoms. The van der Waals surface area contributed by atoms with Crippen LogP contribution in [0.2, 0.25) is 0 Å². The van der Waals surface area contributed by atoms with E-state index in [1.807, 2.05) is 30.3 Å². The van der Waals surface area contributed by atoms with Crippen LogP contribution in [-0.4, -0.2) is 13.0 Å². The zero-order valence-electron chi connectivity index (χ0n) is 13.2. The van der Waals surface area contributed by atoms with Crippen molar-refractivity contribution in [1.82, 2.24) is 0 Å². The first-order chi connectivity index (χ1) is 11.7. The first-order valence-corrected chi connectivity index (χ1v) is 8.08. The fourth-order valence-corrected chi connectivity index (χ4v) is 3.32. The molecule has 4 heteroatoms. The molecule has 2 aromatic carbocycles. The van der Waals surface area contributed by atoms with Gasteiger partial charge in [0.15, 0.2) is 11.3 Å². The second kappa shape index (κ2) is 4.81. The number of furan rings is 1. The summed E-state index contributed by atoms with van der Waals surface area (Å²) in [5.74, 6) is 2.13. The van der Waals surface area contributed by atoms with Crippen molar-refractivity contribution in [2.24, 2.45) is 4.99 Å². The lowest BCUT2D eigenvalue weighted by molar-refractivity contribution is -0.112. The highest BCUT2D eigenvalue weighted by molar-refractivity contribution is 6.06. The molecule has 2 aliphatic rings. The zero-order chi connectivity index (χ0) is 16.3. The molecule has 0 spiro atoms. The summed E-state index contributed by atoms with van der Waals surface area (Å²) in [5.41, 5.74) is 2.92. The van der Waals surface area contributed by atoms with Crippen molar-refractivity contribution in [2.75, 3.05) is 7.11 Å². The molecule has 4 nitrogen and oxygen atoms in total. The van der Waals surface area contributed by atoms with E-state index in [-0.39, 0.29) is 5.91 Å². The van der Waals surface area contributed by atoms with Crippen molar-refractivity contribution in [3.63, 3.8) is 0 Å². The van der Waals surface area contributed by atoms with Crippen LogP contribution in [0, 0.1) is 0 Å². The molecule has 1 aliphatic heterocycles. The molecule has 1 saturated carbocycles. The van der Waals surface area contributed by atoms with Gasteiger partial charge in [-0.15, -0.1) is 0 Å². The number of nitrogens with zero attached hydrogens (tertiary/aromatic N) is 1. The van der Waals surface area contributed by atoms with Gasteiger partial charge in [0, 0.05) is 22.6 Å². The van der Waals surface area contributed by atoms with Gasteiger partial charge < -0.3 is 9.15 Å². The summed E-state index contributed by atoms with van der Waals surface area (Å²) < 4.78 is 11.5. The molecule has 0 bridgehead atoms. The molecular formula is C20H15NO3. The Hall–Kier alpha value is -2.88. The van der Waals surface area contributed by atoms with Crippen molar-refractivity contribution in [3.8, 4) is 16.9 Å². The van der Waals surface area contributed by atoms with Gasteiger partial charge in [0.25, 0.3) is 5.91 Å². The summed E-state index contributed by atoms with van der Waals surface area (Å²) >= 11 is 0. The van der Waals surface area contributed by atoms with Gasteiger partial charge in [0.05, 0.1) is 12.5 Å². The number of methoxy groups -OCH3 is 1. The number of rotatable bonds is 3. The second-order valence-corrected chi connectivity index (χ2v) is 6.35. The molecule has 1 amide bonds. The normalized spacial score (nSPS) is 16.0. The maximum Gasteiger partial charge on any atom is 0.270 e. The lowest BCUT2D eigenvalue weighted by Crippen LogP contribution is -2.20. The molecule has 0 radical (unpaired) electrons. The third kappa shape index (κ3) is 1.99. The van der Waals surface area contributed by atoms with E-state index >= 15 is 0 Å². The Bertz CT molecular complexity index is 1120. The monoisotopic (exact) mass is 317 g/mol. The molecule has 118 valence electrons. The van der Waals surface area contributed by atoms with Crippen LogP contribution < -0.4 is 15.3 Å². The Kier molecular flexibility index (Phi) is 2.71. The first-order valence-electron chi connectivity index (χ1n) is 8.08. The smallest absolute Gasteiger partial charge is 0.270 e. The van der Waals surface area contributed by atoms with Gasteiger partial charge in [-0.05, 0) is 54.3 Å². The van der Waals surface area contributed by atoms with Crippen LogP contribution in [0.3, 0.4) is 0 Å². The van der Waals surface area contributed by atoms with E-state index in [1.54, 1.807) is 13.2 Å². The molecule has 0 saturated heterocycles. The largest absolute Gasteiger partial charge is 0.493 e. The first kappa shape index (κ1) is 13.5. The van der Waals surface area contributed by atoms with Gasteiger partial charge in [0.2, 0.25) is 0 Å². The topological polar surface area (TPSA) is 51.8 Å². The number of fused-ring (bicyclic) bond motifs is 2. The van der Waals surface area contributed by atoms with E-state index in [1.165, 1.54) is 12.8 Å². The highest BCUT2D eigenvalue weighted by atomic mass is 16.5. The number of hydrogen-bond donors (Lipinski definition) is 0. The number of benzene rings is 2. The van der Waals surface area contributed by atoms with E-state index in [9.17, 15) is 4.79 Å². The quantitative estimate of drug-likeness (QED) is 0.746. The Morgan fingerprint density at radius 2 is 2.04 bits per heavy atom. The molecule has 5 rings (SSSR count). The standard InChI is InChI=1S/C20H15NO3/c1-23-17-7-5-14(15-10-18(11-2-3-11)24-20(15)17)12-4-6-16-13(8-12)9-19(22)21-16/h4-11H,2-3H2,1H3. The molecule has 0 atom stereocenters. The number of carbonyl (C=O) groups is 1. The van der Waals surface area contributed by atoms with Gasteiger partial charge in [-0.1, -0.05) is 6.07 Å². The van der Waals surface area contributed by atoms with Gasteiger partial charge in [-0.25, -0.2) is 4.99 Å². The minimum atomic E-state index is -0.193. The van der Waals surface area contributed by atoms with Crippen LogP contribution in [0.1, 0.15) is 24.5 Å². The van der Waals surface area contributed by atoms with E-state index in [4.69, 9.17) is 9.15 Å². The number of hydrogen-bond acceptors (Lipinski definition) is 3. The van der Waals surface area contributed by atoms with Crippen LogP contribution in [0.15, 0.2) is 45.8 Å². The van der Waals surface area contributed by atoms with Crippen LogP contribution >= 0.6 is 0 Å². The Balaban J connectivity index is 1.76. The van der Waals surface area contributed by atoms with Gasteiger partial charge in [0.1, 0.15) is 5.76 Å². The van der Waals surface area contributed by atoms with Crippen LogP contribution in [-0.2, 0) is 4.79 Å². The molecule has 1 aliphatic carbocycles. The zero-order valence-corrected chi connectivity index (χ0v) is 13.2. The van der Waals surface area contributed by atoms with Crippen LogP contribution in [0.25, 0.3) is 28.2 Å². The van der Waals surface area contributed by atoms with Gasteiger partial charge in [-0.2, -0.15) is 0 Å². The molecule has 0 unspecified atom stereocenters. The van der Waals surface area contributed by atoms with E-state index < -0.39 is 0 Å². The number of ether oxygens (including phenoxy) is 1. The fraction of sp³-hybridized carbons (Fsp3) is 0.200. The average molecular weight is 317 g/mol. The van der Waals surface area contributed by atoms with Crippen LogP contribution in [0.4, 0.5) is 0 Å². The average Bonchev–Trinajstić information content (AvgIpc) is 3.22. The summed E-state index contributed by atoms with van der Waals surface area (Å²) in [6, 6.07) is 12.0. The summed E-state index contributed by atoms with van der Waals surface area (Å²) in [5, 5.41) is 2.66. The second-order valence-electron chi connectivity index (χ2n) is 6.35. The predicted octanol–water partition coefficient (Wildman–Crippen LogP) is 2.93. The molecule has 1 aromatic heterocycles. The van der Waals surface area contributed by atoms with Crippen molar-refractivity contribution in [2.45, 2.75) is 18.8 Å². The highest BCUT2D eigenvalue weighted by Gasteiger charge is 2.28. The van der Waals surface area contributed by atoms with Crippen molar-refractivity contribution in [1.29, 1.82) is 0 Å². The summed E-state index contributed by atoms with van der Waals surface area (Å²) in [6.07, 6.45) is 3.95. The van der Waals surface area contributed by atoms with Gasteiger partial charge >= 0.3 is 0 Å². The van der Waals surface area contributed by atoms with E-state index in [2.05, 4.69) is 11.1 Å². The molecular weight excluding hydrogens is 302 g/mol. The van der Waals surface area contributed by atoms with Gasteiger partial charge in [-0.3, -0.25) is 4.79 Å². The van der Waals surface area contributed by atoms with Crippen molar-refractivity contribution < 1.29 is 13.9 Å². The SMILES string of the molecule is COc1ccc(-c2ccc3c(c2)=CC(=O)N=3)c2cc(C3CC3)oc12. The number of amides is 1. The Morgan fingerprint density at radius 1 is 1.17 bits per heavy atom. The Labute approximate surface area is 138 Å². The summed E-state index contributed by atoms with van der Waals surface area (Å²) in [6.45, 7) is 0. The molecule has 3 aromatic rings. The summed E-state index contributed by atoms with van der Waals surface area (Å²) in [7, 11) is 1.66.